The summed E-state index contributed by atoms with van der Waals surface area (Å²) in [7, 11) is 0. The van der Waals surface area contributed by atoms with E-state index in [-0.39, 0.29) is 5.54 Å². The fraction of sp³-hybridized carbons (Fsp3) is 0.467. The van der Waals surface area contributed by atoms with Crippen LogP contribution in [0.3, 0.4) is 0 Å². The number of rotatable bonds is 4. The zero-order chi connectivity index (χ0) is 14.8. The summed E-state index contributed by atoms with van der Waals surface area (Å²) >= 11 is 5.27. The summed E-state index contributed by atoms with van der Waals surface area (Å²) in [5.74, 6) is 0. The lowest BCUT2D eigenvalue weighted by Crippen LogP contribution is -2.35. The number of thiazole rings is 1. The number of hydrogen-bond donors (Lipinski definition) is 1. The fourth-order valence-electron chi connectivity index (χ4n) is 1.79. The summed E-state index contributed by atoms with van der Waals surface area (Å²) in [6, 6.07) is 3.92. The van der Waals surface area contributed by atoms with Crippen molar-refractivity contribution >= 4 is 27.3 Å². The normalized spacial score (nSPS) is 11.8. The van der Waals surface area contributed by atoms with Crippen molar-refractivity contribution in [2.45, 2.75) is 46.2 Å². The highest BCUT2D eigenvalue weighted by Crippen LogP contribution is 2.31. The quantitative estimate of drug-likeness (QED) is 0.883. The second-order valence-electron chi connectivity index (χ2n) is 5.68. The second kappa shape index (κ2) is 6.33. The third-order valence-electron chi connectivity index (χ3n) is 2.85. The average Bonchev–Trinajstić information content (AvgIpc) is 2.79. The van der Waals surface area contributed by atoms with Crippen LogP contribution in [0.15, 0.2) is 22.8 Å². The van der Waals surface area contributed by atoms with Gasteiger partial charge in [-0.25, -0.2) is 4.98 Å². The van der Waals surface area contributed by atoms with Gasteiger partial charge in [-0.3, -0.25) is 4.98 Å². The van der Waals surface area contributed by atoms with Gasteiger partial charge in [-0.05, 0) is 55.3 Å². The van der Waals surface area contributed by atoms with Crippen molar-refractivity contribution < 1.29 is 0 Å². The molecule has 0 amide bonds. The highest BCUT2D eigenvalue weighted by atomic mass is 79.9. The van der Waals surface area contributed by atoms with Gasteiger partial charge in [-0.15, -0.1) is 11.3 Å². The molecule has 0 spiro atoms. The summed E-state index contributed by atoms with van der Waals surface area (Å²) in [6.45, 7) is 9.53. The summed E-state index contributed by atoms with van der Waals surface area (Å²) in [5, 5.41) is 4.52. The third kappa shape index (κ3) is 3.87. The predicted octanol–water partition coefficient (Wildman–Crippen LogP) is 4.42. The van der Waals surface area contributed by atoms with Crippen molar-refractivity contribution in [1.29, 1.82) is 0 Å². The van der Waals surface area contributed by atoms with E-state index in [4.69, 9.17) is 4.98 Å². The molecule has 0 fully saturated rings. The van der Waals surface area contributed by atoms with Gasteiger partial charge in [0.15, 0.2) is 0 Å². The van der Waals surface area contributed by atoms with Crippen LogP contribution < -0.4 is 5.32 Å². The molecule has 0 saturated heterocycles. The van der Waals surface area contributed by atoms with Crippen LogP contribution in [0.5, 0.6) is 0 Å². The number of pyridine rings is 1. The third-order valence-corrected chi connectivity index (χ3v) is 4.60. The topological polar surface area (TPSA) is 37.8 Å². The van der Waals surface area contributed by atoms with E-state index in [0.29, 0.717) is 0 Å². The Bertz CT molecular complexity index is 587. The van der Waals surface area contributed by atoms with E-state index >= 15 is 0 Å². The van der Waals surface area contributed by atoms with Crippen LogP contribution in [0, 0.1) is 0 Å². The first-order valence-electron chi connectivity index (χ1n) is 6.75. The molecule has 0 radical (unpaired) electrons. The van der Waals surface area contributed by atoms with E-state index in [1.165, 1.54) is 10.6 Å². The highest BCUT2D eigenvalue weighted by Gasteiger charge is 2.16. The van der Waals surface area contributed by atoms with Crippen LogP contribution in [0.2, 0.25) is 0 Å². The van der Waals surface area contributed by atoms with Crippen LogP contribution in [-0.2, 0) is 13.0 Å². The Morgan fingerprint density at radius 2 is 2.10 bits per heavy atom. The number of aromatic nitrogens is 2. The molecule has 0 saturated carbocycles. The van der Waals surface area contributed by atoms with E-state index in [1.54, 1.807) is 17.5 Å². The number of nitrogens with zero attached hydrogens (tertiary/aromatic N) is 2. The molecule has 0 bridgehead atoms. The van der Waals surface area contributed by atoms with Gasteiger partial charge < -0.3 is 5.32 Å². The first-order valence-corrected chi connectivity index (χ1v) is 8.36. The van der Waals surface area contributed by atoms with Gasteiger partial charge in [0.05, 0.1) is 5.69 Å². The van der Waals surface area contributed by atoms with E-state index in [0.717, 1.165) is 28.1 Å². The molecule has 0 unspecified atom stereocenters. The summed E-state index contributed by atoms with van der Waals surface area (Å²) in [6.07, 6.45) is 2.75. The maximum atomic E-state index is 4.75. The molecule has 0 aliphatic carbocycles. The van der Waals surface area contributed by atoms with Crippen molar-refractivity contribution in [2.75, 3.05) is 0 Å². The van der Waals surface area contributed by atoms with Gasteiger partial charge in [-0.1, -0.05) is 6.92 Å². The first-order chi connectivity index (χ1) is 9.40. The van der Waals surface area contributed by atoms with Gasteiger partial charge in [0.2, 0.25) is 0 Å². The lowest BCUT2D eigenvalue weighted by molar-refractivity contribution is 0.425. The summed E-state index contributed by atoms with van der Waals surface area (Å²) in [4.78, 5) is 10.5. The Hall–Kier alpha value is -0.780. The Balaban J connectivity index is 2.29. The lowest BCUT2D eigenvalue weighted by atomic mass is 10.1. The van der Waals surface area contributed by atoms with Crippen molar-refractivity contribution in [3.63, 3.8) is 0 Å². The van der Waals surface area contributed by atoms with E-state index < -0.39 is 0 Å². The minimum atomic E-state index is 0.112. The molecule has 5 heteroatoms. The fourth-order valence-corrected chi connectivity index (χ4v) is 3.46. The van der Waals surface area contributed by atoms with E-state index in [9.17, 15) is 0 Å². The van der Waals surface area contributed by atoms with Crippen LogP contribution in [0.1, 0.15) is 38.3 Å². The van der Waals surface area contributed by atoms with Crippen molar-refractivity contribution in [1.82, 2.24) is 15.3 Å². The zero-order valence-corrected chi connectivity index (χ0v) is 14.7. The number of aryl methyl sites for hydroxylation is 1. The highest BCUT2D eigenvalue weighted by molar-refractivity contribution is 9.10. The maximum Gasteiger partial charge on any atom is 0.143 e. The molecule has 3 nitrogen and oxygen atoms in total. The Morgan fingerprint density at radius 3 is 2.70 bits per heavy atom. The van der Waals surface area contributed by atoms with Gasteiger partial charge >= 0.3 is 0 Å². The van der Waals surface area contributed by atoms with Crippen LogP contribution in [-0.4, -0.2) is 15.5 Å². The molecular weight excluding hydrogens is 334 g/mol. The van der Waals surface area contributed by atoms with Crippen molar-refractivity contribution in [2.24, 2.45) is 0 Å². The van der Waals surface area contributed by atoms with Crippen LogP contribution in [0.4, 0.5) is 0 Å². The van der Waals surface area contributed by atoms with Crippen molar-refractivity contribution in [3.8, 4) is 10.7 Å². The van der Waals surface area contributed by atoms with Crippen LogP contribution in [0.25, 0.3) is 10.7 Å². The zero-order valence-electron chi connectivity index (χ0n) is 12.3. The molecule has 0 aromatic carbocycles. The average molecular weight is 354 g/mol. The SMILES string of the molecule is CCc1nc(-c2ncccc2Br)sc1CNC(C)(C)C. The van der Waals surface area contributed by atoms with Crippen molar-refractivity contribution in [3.05, 3.63) is 33.4 Å². The summed E-state index contributed by atoms with van der Waals surface area (Å²) in [5.41, 5.74) is 2.20. The van der Waals surface area contributed by atoms with Crippen LogP contribution >= 0.6 is 27.3 Å². The summed E-state index contributed by atoms with van der Waals surface area (Å²) < 4.78 is 0.992. The number of halogens is 1. The number of nitrogens with one attached hydrogen (secondary N) is 1. The maximum absolute atomic E-state index is 4.75. The Labute approximate surface area is 133 Å². The molecule has 2 rings (SSSR count). The minimum absolute atomic E-state index is 0.112. The standard InChI is InChI=1S/C15H20BrN3S/c1-5-11-12(9-18-15(2,3)4)20-14(19-11)13-10(16)7-6-8-17-13/h6-8,18H,5,9H2,1-4H3. The second-order valence-corrected chi connectivity index (χ2v) is 7.62. The molecule has 2 aromatic heterocycles. The van der Waals surface area contributed by atoms with E-state index in [2.05, 4.69) is 53.9 Å². The smallest absolute Gasteiger partial charge is 0.143 e. The van der Waals surface area contributed by atoms with Gasteiger partial charge in [0, 0.05) is 27.6 Å². The molecule has 1 N–H and O–H groups in total. The minimum Gasteiger partial charge on any atom is -0.307 e. The molecule has 20 heavy (non-hydrogen) atoms. The largest absolute Gasteiger partial charge is 0.307 e. The number of hydrogen-bond acceptors (Lipinski definition) is 4. The lowest BCUT2D eigenvalue weighted by Gasteiger charge is -2.20. The predicted molar refractivity (Wildman–Crippen MR) is 89.0 cm³/mol. The van der Waals surface area contributed by atoms with Gasteiger partial charge in [0.1, 0.15) is 10.7 Å². The monoisotopic (exact) mass is 353 g/mol. The molecule has 108 valence electrons. The Kier molecular flexibility index (Phi) is 4.94. The molecule has 0 atom stereocenters. The molecule has 0 aliphatic rings. The molecule has 2 aromatic rings. The molecule has 0 aliphatic heterocycles. The first kappa shape index (κ1) is 15.6. The Morgan fingerprint density at radius 1 is 1.35 bits per heavy atom. The van der Waals surface area contributed by atoms with Gasteiger partial charge in [0.25, 0.3) is 0 Å². The van der Waals surface area contributed by atoms with E-state index in [1.807, 2.05) is 12.1 Å². The molecule has 2 heterocycles. The molecular formula is C15H20BrN3S. The van der Waals surface area contributed by atoms with Gasteiger partial charge in [-0.2, -0.15) is 0 Å².